The van der Waals surface area contributed by atoms with Crippen LogP contribution < -0.4 is 0 Å². The molecular weight excluding hydrogens is 645 g/mol. The fourth-order valence-electron chi connectivity index (χ4n) is 10.8. The van der Waals surface area contributed by atoms with E-state index in [1.165, 1.54) is 42.4 Å². The Bertz CT molecular complexity index is 2550. The molecule has 5 atom stereocenters. The fourth-order valence-corrected chi connectivity index (χ4v) is 10.8. The summed E-state index contributed by atoms with van der Waals surface area (Å²) in [7, 11) is 0. The molecule has 4 heteroatoms. The van der Waals surface area contributed by atoms with Crippen LogP contribution >= 0.6 is 0 Å². The number of hydrogen-bond acceptors (Lipinski definition) is 4. The van der Waals surface area contributed by atoms with Gasteiger partial charge in [-0.15, -0.1) is 0 Å². The molecule has 3 aliphatic carbocycles. The van der Waals surface area contributed by atoms with E-state index in [9.17, 15) is 5.26 Å². The van der Waals surface area contributed by atoms with Crippen LogP contribution in [0.3, 0.4) is 0 Å². The van der Waals surface area contributed by atoms with Gasteiger partial charge in [-0.25, -0.2) is 15.0 Å². The number of hydrogen-bond donors (Lipinski definition) is 0. The number of nitrogens with zero attached hydrogens (tertiary/aromatic N) is 4. The number of fused-ring (bicyclic) bond motifs is 2. The van der Waals surface area contributed by atoms with Crippen molar-refractivity contribution in [2.24, 2.45) is 23.2 Å². The predicted octanol–water partition coefficient (Wildman–Crippen LogP) is 11.9. The Kier molecular flexibility index (Phi) is 7.24. The number of rotatable bonds is 6. The molecule has 2 unspecified atom stereocenters. The highest BCUT2D eigenvalue weighted by atomic mass is 15.0. The Labute approximate surface area is 311 Å². The molecule has 1 aromatic heterocycles. The molecule has 3 aliphatic rings. The Morgan fingerprint density at radius 2 is 1.15 bits per heavy atom. The summed E-state index contributed by atoms with van der Waals surface area (Å²) in [6, 6.07) is 51.0. The fraction of sp³-hybridized carbons (Fsp3) is 0.224. The van der Waals surface area contributed by atoms with Crippen molar-refractivity contribution in [3.05, 3.63) is 151 Å². The monoisotopic (exact) mass is 684 g/mol. The van der Waals surface area contributed by atoms with Crippen LogP contribution in [-0.4, -0.2) is 15.0 Å². The lowest BCUT2D eigenvalue weighted by atomic mass is 9.72. The molecule has 2 bridgehead atoms. The minimum Gasteiger partial charge on any atom is -0.208 e. The molecule has 0 saturated heterocycles. The van der Waals surface area contributed by atoms with Crippen LogP contribution in [-0.2, 0) is 5.41 Å². The van der Waals surface area contributed by atoms with E-state index in [4.69, 9.17) is 15.0 Å². The van der Waals surface area contributed by atoms with Crippen LogP contribution in [0.15, 0.2) is 140 Å². The summed E-state index contributed by atoms with van der Waals surface area (Å²) in [4.78, 5) is 15.4. The zero-order valence-electron chi connectivity index (χ0n) is 30.1. The van der Waals surface area contributed by atoms with Gasteiger partial charge < -0.3 is 0 Å². The summed E-state index contributed by atoms with van der Waals surface area (Å²) in [5, 5.41) is 11.7. The van der Waals surface area contributed by atoms with E-state index in [1.807, 2.05) is 66.7 Å². The van der Waals surface area contributed by atoms with Crippen LogP contribution in [0.25, 0.3) is 67.2 Å². The average Bonchev–Trinajstić information content (AvgIpc) is 3.63. The largest absolute Gasteiger partial charge is 0.208 e. The molecule has 0 aliphatic heterocycles. The lowest BCUT2D eigenvalue weighted by molar-refractivity contribution is 0.166. The van der Waals surface area contributed by atoms with Crippen molar-refractivity contribution in [1.29, 1.82) is 5.26 Å². The molecule has 1 heterocycles. The molecule has 0 amide bonds. The molecule has 4 nitrogen and oxygen atoms in total. The van der Waals surface area contributed by atoms with Crippen molar-refractivity contribution in [2.45, 2.75) is 44.9 Å². The van der Waals surface area contributed by atoms with Crippen LogP contribution in [0, 0.1) is 34.5 Å². The van der Waals surface area contributed by atoms with Gasteiger partial charge in [0.1, 0.15) is 0 Å². The maximum Gasteiger partial charge on any atom is 0.164 e. The first-order valence-electron chi connectivity index (χ1n) is 19.0. The van der Waals surface area contributed by atoms with Crippen LogP contribution in [0.4, 0.5) is 0 Å². The first-order valence-corrected chi connectivity index (χ1v) is 19.0. The van der Waals surface area contributed by atoms with Crippen molar-refractivity contribution in [1.82, 2.24) is 15.0 Å². The van der Waals surface area contributed by atoms with Gasteiger partial charge in [0.25, 0.3) is 0 Å². The molecule has 0 N–H and O–H groups in total. The van der Waals surface area contributed by atoms with Crippen molar-refractivity contribution < 1.29 is 0 Å². The van der Waals surface area contributed by atoms with Gasteiger partial charge in [-0.05, 0) is 106 Å². The zero-order valence-corrected chi connectivity index (χ0v) is 30.1. The summed E-state index contributed by atoms with van der Waals surface area (Å²) in [5.74, 6) is 4.28. The molecule has 6 aromatic carbocycles. The minimum atomic E-state index is 0.325. The van der Waals surface area contributed by atoms with E-state index in [-0.39, 0.29) is 0 Å². The first kappa shape index (κ1) is 31.8. The lowest BCUT2D eigenvalue weighted by Gasteiger charge is -2.33. The van der Waals surface area contributed by atoms with Crippen LogP contribution in [0.1, 0.15) is 50.7 Å². The second kappa shape index (κ2) is 12.1. The predicted molar refractivity (Wildman–Crippen MR) is 214 cm³/mol. The third kappa shape index (κ3) is 4.84. The molecule has 256 valence electrons. The Hall–Kier alpha value is -5.92. The van der Waals surface area contributed by atoms with Gasteiger partial charge in [-0.1, -0.05) is 135 Å². The summed E-state index contributed by atoms with van der Waals surface area (Å²) in [6.07, 6.45) is 5.54. The van der Waals surface area contributed by atoms with Gasteiger partial charge in [0.2, 0.25) is 0 Å². The molecule has 3 saturated carbocycles. The van der Waals surface area contributed by atoms with Gasteiger partial charge in [-0.3, -0.25) is 0 Å². The van der Waals surface area contributed by atoms with Crippen molar-refractivity contribution in [3.8, 4) is 62.5 Å². The number of nitriles is 1. The second-order valence-corrected chi connectivity index (χ2v) is 15.8. The number of benzene rings is 6. The average molecular weight is 685 g/mol. The quantitative estimate of drug-likeness (QED) is 0.175. The van der Waals surface area contributed by atoms with Crippen molar-refractivity contribution in [3.63, 3.8) is 0 Å². The zero-order chi connectivity index (χ0) is 35.7. The Morgan fingerprint density at radius 3 is 1.83 bits per heavy atom. The van der Waals surface area contributed by atoms with E-state index < -0.39 is 0 Å². The normalized spacial score (nSPS) is 24.1. The van der Waals surface area contributed by atoms with Gasteiger partial charge in [0.05, 0.1) is 11.6 Å². The maximum absolute atomic E-state index is 9.86. The van der Waals surface area contributed by atoms with Crippen LogP contribution in [0.2, 0.25) is 0 Å². The molecule has 7 aromatic rings. The Balaban J connectivity index is 1.10. The SMILES string of the molecule is C[C@@H]1C2(c3ccc(-c4ccc(-c5nc(-c6ccccc6)nc(-c6cccc7c(C#N)cccc67)n5)c(-c5ccccc5)c4)cc3)C[C@H]3CC[C@@H](C2)C31C. The molecule has 10 rings (SSSR count). The van der Waals surface area contributed by atoms with Gasteiger partial charge in [0.15, 0.2) is 17.5 Å². The van der Waals surface area contributed by atoms with E-state index in [0.717, 1.165) is 56.3 Å². The highest BCUT2D eigenvalue weighted by molar-refractivity contribution is 5.98. The van der Waals surface area contributed by atoms with Gasteiger partial charge in [0, 0.05) is 22.1 Å². The van der Waals surface area contributed by atoms with Gasteiger partial charge >= 0.3 is 0 Å². The van der Waals surface area contributed by atoms with Crippen molar-refractivity contribution >= 4 is 10.8 Å². The molecular formula is C49H40N4. The maximum atomic E-state index is 9.86. The van der Waals surface area contributed by atoms with Gasteiger partial charge in [-0.2, -0.15) is 5.26 Å². The molecule has 0 spiro atoms. The molecule has 53 heavy (non-hydrogen) atoms. The highest BCUT2D eigenvalue weighted by Gasteiger charge is 2.69. The third-order valence-electron chi connectivity index (χ3n) is 13.7. The Morgan fingerprint density at radius 1 is 0.547 bits per heavy atom. The second-order valence-electron chi connectivity index (χ2n) is 15.8. The van der Waals surface area contributed by atoms with Crippen LogP contribution in [0.5, 0.6) is 0 Å². The minimum absolute atomic E-state index is 0.325. The lowest BCUT2D eigenvalue weighted by Crippen LogP contribution is -2.26. The summed E-state index contributed by atoms with van der Waals surface area (Å²) in [6.45, 7) is 5.14. The topological polar surface area (TPSA) is 62.5 Å². The smallest absolute Gasteiger partial charge is 0.164 e. The standard InChI is InChI=1S/C49H40N4/c1-31-48(2)38-24-25-39(48)29-49(31,28-38)37-22-19-32(20-23-37)35-21-26-43(44(27-35)33-11-5-3-6-12-33)47-52-45(34-13-7-4-8-14-34)51-46(53-47)42-18-10-16-40-36(30-50)15-9-17-41(40)42/h3-23,26-27,31,38-39H,24-25,28-29H2,1-2H3/t31-,38-,39+,48?,49?/m0/s1. The van der Waals surface area contributed by atoms with E-state index >= 15 is 0 Å². The first-order chi connectivity index (χ1) is 26.0. The van der Waals surface area contributed by atoms with E-state index in [1.54, 1.807) is 0 Å². The highest BCUT2D eigenvalue weighted by Crippen LogP contribution is 2.75. The summed E-state index contributed by atoms with van der Waals surface area (Å²) in [5.41, 5.74) is 10.3. The summed E-state index contributed by atoms with van der Waals surface area (Å²) < 4.78 is 0. The van der Waals surface area contributed by atoms with Crippen molar-refractivity contribution in [2.75, 3.05) is 0 Å². The number of aromatic nitrogens is 3. The molecule has 0 radical (unpaired) electrons. The van der Waals surface area contributed by atoms with E-state index in [2.05, 4.69) is 92.7 Å². The summed E-state index contributed by atoms with van der Waals surface area (Å²) >= 11 is 0. The molecule has 3 fully saturated rings. The third-order valence-corrected chi connectivity index (χ3v) is 13.7. The van der Waals surface area contributed by atoms with E-state index in [0.29, 0.717) is 33.9 Å².